The second-order valence-electron chi connectivity index (χ2n) is 4.57. The minimum Gasteiger partial charge on any atom is -0.308 e. The second-order valence-corrected chi connectivity index (χ2v) is 4.57. The number of urea groups is 1. The highest BCUT2D eigenvalue weighted by Crippen LogP contribution is 2.30. The molecule has 0 aliphatic heterocycles. The number of anilines is 2. The molecule has 0 saturated heterocycles. The summed E-state index contributed by atoms with van der Waals surface area (Å²) in [6, 6.07) is 7.63. The van der Waals surface area contributed by atoms with Crippen LogP contribution in [0.5, 0.6) is 0 Å². The van der Waals surface area contributed by atoms with Crippen LogP contribution < -0.4 is 10.6 Å². The topological polar surface area (TPSA) is 41.1 Å². The molecule has 2 aromatic carbocycles. The standard InChI is InChI=1S/C15H12F4N2O/c1-9-12(16)6-3-7-13(9)21-14(22)20-11-5-2-4-10(8-11)15(17,18)19/h2-8H,1H3,(H2,20,21,22). The van der Waals surface area contributed by atoms with E-state index in [0.29, 0.717) is 0 Å². The van der Waals surface area contributed by atoms with Gasteiger partial charge in [0.2, 0.25) is 0 Å². The van der Waals surface area contributed by atoms with Crippen LogP contribution in [0.2, 0.25) is 0 Å². The summed E-state index contributed by atoms with van der Waals surface area (Å²) >= 11 is 0. The van der Waals surface area contributed by atoms with Gasteiger partial charge in [-0.25, -0.2) is 9.18 Å². The van der Waals surface area contributed by atoms with E-state index in [2.05, 4.69) is 10.6 Å². The summed E-state index contributed by atoms with van der Waals surface area (Å²) < 4.78 is 51.1. The van der Waals surface area contributed by atoms with E-state index in [4.69, 9.17) is 0 Å². The highest BCUT2D eigenvalue weighted by Gasteiger charge is 2.30. The van der Waals surface area contributed by atoms with Gasteiger partial charge in [-0.1, -0.05) is 12.1 Å². The van der Waals surface area contributed by atoms with Crippen molar-refractivity contribution in [3.05, 3.63) is 59.4 Å². The van der Waals surface area contributed by atoms with E-state index >= 15 is 0 Å². The molecule has 2 aromatic rings. The molecule has 7 heteroatoms. The number of rotatable bonds is 2. The molecule has 0 bridgehead atoms. The van der Waals surface area contributed by atoms with Gasteiger partial charge < -0.3 is 10.6 Å². The SMILES string of the molecule is Cc1c(F)cccc1NC(=O)Nc1cccc(C(F)(F)F)c1. The number of hydrogen-bond donors (Lipinski definition) is 2. The third kappa shape index (κ3) is 3.75. The Morgan fingerprint density at radius 1 is 1.05 bits per heavy atom. The fourth-order valence-electron chi connectivity index (χ4n) is 1.80. The number of benzene rings is 2. The molecule has 0 aliphatic carbocycles. The molecule has 0 heterocycles. The Bertz CT molecular complexity index is 698. The predicted octanol–water partition coefficient (Wildman–Crippen LogP) is 4.80. The van der Waals surface area contributed by atoms with Crippen molar-refractivity contribution in [3.63, 3.8) is 0 Å². The molecule has 0 saturated carbocycles. The van der Waals surface area contributed by atoms with Gasteiger partial charge in [-0.3, -0.25) is 0 Å². The van der Waals surface area contributed by atoms with Crippen molar-refractivity contribution in [1.82, 2.24) is 0 Å². The monoisotopic (exact) mass is 312 g/mol. The fraction of sp³-hybridized carbons (Fsp3) is 0.133. The minimum absolute atomic E-state index is 0.0126. The lowest BCUT2D eigenvalue weighted by atomic mass is 10.2. The molecular weight excluding hydrogens is 300 g/mol. The number of hydrogen-bond acceptors (Lipinski definition) is 1. The van der Waals surface area contributed by atoms with Crippen molar-refractivity contribution < 1.29 is 22.4 Å². The summed E-state index contributed by atoms with van der Waals surface area (Å²) in [4.78, 5) is 11.8. The average Bonchev–Trinajstić information content (AvgIpc) is 2.43. The van der Waals surface area contributed by atoms with E-state index in [0.717, 1.165) is 12.1 Å². The van der Waals surface area contributed by atoms with Crippen LogP contribution in [-0.2, 0) is 6.18 Å². The molecule has 0 fully saturated rings. The highest BCUT2D eigenvalue weighted by molar-refractivity contribution is 6.00. The number of halogens is 4. The minimum atomic E-state index is -4.49. The van der Waals surface area contributed by atoms with E-state index in [-0.39, 0.29) is 16.9 Å². The fourth-order valence-corrected chi connectivity index (χ4v) is 1.80. The number of alkyl halides is 3. The van der Waals surface area contributed by atoms with E-state index in [1.165, 1.54) is 37.3 Å². The second kappa shape index (κ2) is 6.05. The molecule has 0 atom stereocenters. The first-order chi connectivity index (χ1) is 10.3. The van der Waals surface area contributed by atoms with Gasteiger partial charge in [-0.2, -0.15) is 13.2 Å². The zero-order chi connectivity index (χ0) is 16.3. The van der Waals surface area contributed by atoms with Crippen molar-refractivity contribution in [1.29, 1.82) is 0 Å². The normalized spacial score (nSPS) is 11.1. The first kappa shape index (κ1) is 15.8. The van der Waals surface area contributed by atoms with E-state index in [1.54, 1.807) is 0 Å². The Morgan fingerprint density at radius 3 is 2.41 bits per heavy atom. The predicted molar refractivity (Wildman–Crippen MR) is 75.2 cm³/mol. The number of nitrogens with one attached hydrogen (secondary N) is 2. The Kier molecular flexibility index (Phi) is 4.35. The molecule has 0 radical (unpaired) electrons. The van der Waals surface area contributed by atoms with Crippen molar-refractivity contribution in [2.45, 2.75) is 13.1 Å². The molecule has 3 nitrogen and oxygen atoms in total. The Morgan fingerprint density at radius 2 is 1.73 bits per heavy atom. The summed E-state index contributed by atoms with van der Waals surface area (Å²) in [5.41, 5.74) is -0.403. The maximum absolute atomic E-state index is 13.3. The van der Waals surface area contributed by atoms with E-state index in [1.807, 2.05) is 0 Å². The molecule has 0 aromatic heterocycles. The Balaban J connectivity index is 2.11. The smallest absolute Gasteiger partial charge is 0.308 e. The van der Waals surface area contributed by atoms with Crippen LogP contribution in [0, 0.1) is 12.7 Å². The van der Waals surface area contributed by atoms with Crippen LogP contribution in [0.25, 0.3) is 0 Å². The van der Waals surface area contributed by atoms with Gasteiger partial charge in [0.05, 0.1) is 5.56 Å². The van der Waals surface area contributed by atoms with Crippen LogP contribution in [0.3, 0.4) is 0 Å². The first-order valence-corrected chi connectivity index (χ1v) is 6.28. The van der Waals surface area contributed by atoms with E-state index in [9.17, 15) is 22.4 Å². The number of amides is 2. The quantitative estimate of drug-likeness (QED) is 0.769. The molecule has 22 heavy (non-hydrogen) atoms. The third-order valence-electron chi connectivity index (χ3n) is 2.96. The molecule has 2 amide bonds. The van der Waals surface area contributed by atoms with Crippen molar-refractivity contribution in [2.24, 2.45) is 0 Å². The largest absolute Gasteiger partial charge is 0.416 e. The molecule has 0 unspecified atom stereocenters. The average molecular weight is 312 g/mol. The zero-order valence-corrected chi connectivity index (χ0v) is 11.5. The van der Waals surface area contributed by atoms with Gasteiger partial charge in [-0.15, -0.1) is 0 Å². The first-order valence-electron chi connectivity index (χ1n) is 6.28. The summed E-state index contributed by atoms with van der Waals surface area (Å²) in [6.07, 6.45) is -4.49. The van der Waals surface area contributed by atoms with Crippen LogP contribution >= 0.6 is 0 Å². The van der Waals surface area contributed by atoms with Crippen LogP contribution in [0.15, 0.2) is 42.5 Å². The molecule has 2 rings (SSSR count). The maximum atomic E-state index is 13.3. The third-order valence-corrected chi connectivity index (χ3v) is 2.96. The van der Waals surface area contributed by atoms with Crippen LogP contribution in [0.1, 0.15) is 11.1 Å². The van der Waals surface area contributed by atoms with Gasteiger partial charge in [0, 0.05) is 16.9 Å². The van der Waals surface area contributed by atoms with E-state index < -0.39 is 23.6 Å². The Labute approximate surface area is 124 Å². The number of carbonyl (C=O) groups excluding carboxylic acids is 1. The lowest BCUT2D eigenvalue weighted by Crippen LogP contribution is -2.20. The molecule has 0 aliphatic rings. The zero-order valence-electron chi connectivity index (χ0n) is 11.5. The maximum Gasteiger partial charge on any atom is 0.416 e. The summed E-state index contributed by atoms with van der Waals surface area (Å²) in [5, 5.41) is 4.66. The van der Waals surface area contributed by atoms with Gasteiger partial charge in [-0.05, 0) is 37.3 Å². The molecular formula is C15H12F4N2O. The molecule has 0 spiro atoms. The lowest BCUT2D eigenvalue weighted by molar-refractivity contribution is -0.137. The van der Waals surface area contributed by atoms with Crippen LogP contribution in [-0.4, -0.2) is 6.03 Å². The van der Waals surface area contributed by atoms with Gasteiger partial charge in [0.25, 0.3) is 0 Å². The summed E-state index contributed by atoms with van der Waals surface area (Å²) in [6.45, 7) is 1.48. The molecule has 116 valence electrons. The Hall–Kier alpha value is -2.57. The summed E-state index contributed by atoms with van der Waals surface area (Å²) in [7, 11) is 0. The van der Waals surface area contributed by atoms with Crippen LogP contribution in [0.4, 0.5) is 33.7 Å². The number of carbonyl (C=O) groups is 1. The molecule has 2 N–H and O–H groups in total. The van der Waals surface area contributed by atoms with Gasteiger partial charge in [0.1, 0.15) is 5.82 Å². The lowest BCUT2D eigenvalue weighted by Gasteiger charge is -2.12. The summed E-state index contributed by atoms with van der Waals surface area (Å²) in [5.74, 6) is -0.489. The van der Waals surface area contributed by atoms with Crippen molar-refractivity contribution in [3.8, 4) is 0 Å². The highest BCUT2D eigenvalue weighted by atomic mass is 19.4. The van der Waals surface area contributed by atoms with Crippen molar-refractivity contribution in [2.75, 3.05) is 10.6 Å². The van der Waals surface area contributed by atoms with Gasteiger partial charge in [0.15, 0.2) is 0 Å². The van der Waals surface area contributed by atoms with Crippen molar-refractivity contribution >= 4 is 17.4 Å². The van der Waals surface area contributed by atoms with Gasteiger partial charge >= 0.3 is 12.2 Å².